The predicted octanol–water partition coefficient (Wildman–Crippen LogP) is 2.86. The zero-order chi connectivity index (χ0) is 6.41. The molecule has 0 rings (SSSR count). The lowest BCUT2D eigenvalue weighted by atomic mass is 10.1. The zero-order valence-electron chi connectivity index (χ0n) is 5.78. The molecule has 0 bridgehead atoms. The van der Waals surface area contributed by atoms with Crippen molar-refractivity contribution in [2.45, 2.75) is 31.2 Å². The Bertz CT molecular complexity index is 47.8. The van der Waals surface area contributed by atoms with Gasteiger partial charge < -0.3 is 12.9 Å². The van der Waals surface area contributed by atoms with Crippen LogP contribution in [0, 0.1) is 5.92 Å². The molecule has 0 amide bonds. The molecule has 0 aromatic carbocycles. The number of rotatable bonds is 4. The van der Waals surface area contributed by atoms with Crippen LogP contribution in [0.25, 0.3) is 0 Å². The highest BCUT2D eigenvalue weighted by atomic mass is 79.9. The summed E-state index contributed by atoms with van der Waals surface area (Å²) in [7, 11) is 0. The molecule has 0 aliphatic carbocycles. The summed E-state index contributed by atoms with van der Waals surface area (Å²) in [5.41, 5.74) is 0. The third-order valence-corrected chi connectivity index (χ3v) is 3.89. The molecule has 0 saturated heterocycles. The summed E-state index contributed by atoms with van der Waals surface area (Å²) in [5.74, 6) is 0.958. The van der Waals surface area contributed by atoms with Crippen molar-refractivity contribution < 1.29 is 0 Å². The molecular formula is C6H13BrMg. The van der Waals surface area contributed by atoms with Gasteiger partial charge in [0.15, 0.2) is 0 Å². The average molecular weight is 189 g/mol. The Labute approximate surface area is 68.0 Å². The molecule has 0 saturated carbocycles. The van der Waals surface area contributed by atoms with Gasteiger partial charge in [0.2, 0.25) is 0 Å². The van der Waals surface area contributed by atoms with Gasteiger partial charge >= 0.3 is 18.2 Å². The first kappa shape index (κ1) is 9.25. The number of hydrogen-bond acceptors (Lipinski definition) is 0. The molecule has 0 spiro atoms. The second-order valence-electron chi connectivity index (χ2n) is 2.34. The third-order valence-electron chi connectivity index (χ3n) is 1.53. The van der Waals surface area contributed by atoms with E-state index in [-0.39, 0.29) is 18.2 Å². The molecule has 0 aromatic rings. The predicted molar refractivity (Wildman–Crippen MR) is 43.6 cm³/mol. The number of hydrogen-bond donors (Lipinski definition) is 0. The summed E-state index contributed by atoms with van der Waals surface area (Å²) in [6, 6.07) is 0. The van der Waals surface area contributed by atoms with Crippen molar-refractivity contribution in [3.05, 3.63) is 0 Å². The number of halogens is 1. The Morgan fingerprint density at radius 1 is 1.62 bits per heavy atom. The van der Waals surface area contributed by atoms with Crippen molar-refractivity contribution >= 4 is 31.1 Å². The summed E-state index contributed by atoms with van der Waals surface area (Å²) in [6.45, 7) is 4.59. The molecule has 0 nitrogen and oxygen atoms in total. The van der Waals surface area contributed by atoms with Crippen molar-refractivity contribution in [1.82, 2.24) is 0 Å². The highest BCUT2D eigenvalue weighted by molar-refractivity contribution is 9.23. The second-order valence-corrected chi connectivity index (χ2v) is 5.81. The maximum atomic E-state index is 3.55. The van der Waals surface area contributed by atoms with Gasteiger partial charge in [-0.15, -0.1) is 4.55 Å². The van der Waals surface area contributed by atoms with E-state index in [1.54, 1.807) is 0 Å². The second kappa shape index (κ2) is 6.37. The van der Waals surface area contributed by atoms with E-state index in [0.717, 1.165) is 5.92 Å². The van der Waals surface area contributed by atoms with Gasteiger partial charge in [0, 0.05) is 0 Å². The van der Waals surface area contributed by atoms with Crippen molar-refractivity contribution in [2.75, 3.05) is 0 Å². The normalized spacial score (nSPS) is 12.9. The lowest BCUT2D eigenvalue weighted by Gasteiger charge is -2.03. The van der Waals surface area contributed by atoms with E-state index in [2.05, 4.69) is 26.7 Å². The van der Waals surface area contributed by atoms with Gasteiger partial charge in [-0.05, 0) is 5.92 Å². The molecule has 0 heterocycles. The quantitative estimate of drug-likeness (QED) is 0.597. The fourth-order valence-corrected chi connectivity index (χ4v) is 2.45. The van der Waals surface area contributed by atoms with Crippen molar-refractivity contribution in [3.63, 3.8) is 0 Å². The monoisotopic (exact) mass is 188 g/mol. The summed E-state index contributed by atoms with van der Waals surface area (Å²) >= 11 is 3.72. The zero-order valence-corrected chi connectivity index (χ0v) is 8.78. The molecule has 0 aliphatic rings. The van der Waals surface area contributed by atoms with Crippen molar-refractivity contribution in [3.8, 4) is 0 Å². The summed E-state index contributed by atoms with van der Waals surface area (Å²) in [6.07, 6.45) is 2.79. The molecule has 46 valence electrons. The summed E-state index contributed by atoms with van der Waals surface area (Å²) < 4.78 is 1.47. The maximum Gasteiger partial charge on any atom is 0.468 e. The van der Waals surface area contributed by atoms with E-state index < -0.39 is 0 Å². The average Bonchev–Trinajstić information content (AvgIpc) is 1.83. The molecule has 0 N–H and O–H groups in total. The van der Waals surface area contributed by atoms with E-state index in [1.165, 1.54) is 17.4 Å². The highest BCUT2D eigenvalue weighted by Gasteiger charge is 1.97. The molecule has 0 aliphatic heterocycles. The fraction of sp³-hybridized carbons (Fsp3) is 1.00. The largest absolute Gasteiger partial charge is 0.468 e. The van der Waals surface area contributed by atoms with E-state index >= 15 is 0 Å². The molecule has 0 fully saturated rings. The lowest BCUT2D eigenvalue weighted by molar-refractivity contribution is 0.544. The molecular weight excluding hydrogens is 176 g/mol. The first-order valence-corrected chi connectivity index (χ1v) is 8.27. The molecule has 1 atom stereocenters. The Balaban J connectivity index is 2.86. The van der Waals surface area contributed by atoms with Crippen LogP contribution in [0.5, 0.6) is 0 Å². The Morgan fingerprint density at radius 2 is 2.25 bits per heavy atom. The van der Waals surface area contributed by atoms with E-state index in [4.69, 9.17) is 0 Å². The van der Waals surface area contributed by atoms with Crippen LogP contribution in [0.4, 0.5) is 0 Å². The summed E-state index contributed by atoms with van der Waals surface area (Å²) in [4.78, 5) is 0. The smallest absolute Gasteiger partial charge is 0.307 e. The first-order valence-electron chi connectivity index (χ1n) is 3.37. The van der Waals surface area contributed by atoms with E-state index in [0.29, 0.717) is 0 Å². The van der Waals surface area contributed by atoms with E-state index in [9.17, 15) is 0 Å². The highest BCUT2D eigenvalue weighted by Crippen LogP contribution is 2.09. The van der Waals surface area contributed by atoms with Gasteiger partial charge in [0.25, 0.3) is 0 Å². The molecule has 2 heteroatoms. The minimum absolute atomic E-state index is 0.174. The van der Waals surface area contributed by atoms with Crippen LogP contribution in [0.2, 0.25) is 4.55 Å². The third kappa shape index (κ3) is 5.38. The van der Waals surface area contributed by atoms with Crippen LogP contribution >= 0.6 is 12.9 Å². The van der Waals surface area contributed by atoms with Crippen LogP contribution < -0.4 is 0 Å². The van der Waals surface area contributed by atoms with Gasteiger partial charge in [-0.25, -0.2) is 0 Å². The Kier molecular flexibility index (Phi) is 7.36. The van der Waals surface area contributed by atoms with Gasteiger partial charge in [-0.3, -0.25) is 0 Å². The van der Waals surface area contributed by atoms with Gasteiger partial charge in [0.1, 0.15) is 0 Å². The van der Waals surface area contributed by atoms with Crippen LogP contribution in [0.1, 0.15) is 26.7 Å². The van der Waals surface area contributed by atoms with Gasteiger partial charge in [0.05, 0.1) is 0 Å². The Hall–Kier alpha value is 1.25. The van der Waals surface area contributed by atoms with Crippen LogP contribution in [-0.4, -0.2) is 18.2 Å². The lowest BCUT2D eigenvalue weighted by Crippen LogP contribution is -1.91. The Morgan fingerprint density at radius 3 is 2.62 bits per heavy atom. The van der Waals surface area contributed by atoms with Crippen LogP contribution in [-0.2, 0) is 0 Å². The molecule has 1 unspecified atom stereocenters. The standard InChI is InChI=1S/C6H13.BrH.Mg/c1-4-6(3)5-2;;/h6H,1,4-5H2,2-3H3;1H;/q;;+1/p-1. The summed E-state index contributed by atoms with van der Waals surface area (Å²) in [5, 5.41) is 0. The fourth-order valence-electron chi connectivity index (χ4n) is 0.630. The van der Waals surface area contributed by atoms with Crippen molar-refractivity contribution in [2.24, 2.45) is 5.92 Å². The minimum atomic E-state index is 0.174. The van der Waals surface area contributed by atoms with Gasteiger partial charge in [-0.1, -0.05) is 26.7 Å². The molecule has 0 radical (unpaired) electrons. The van der Waals surface area contributed by atoms with Crippen LogP contribution in [0.15, 0.2) is 0 Å². The topological polar surface area (TPSA) is 0 Å². The molecule has 8 heavy (non-hydrogen) atoms. The molecule has 0 aromatic heterocycles. The SMILES string of the molecule is CCC(C)C[CH2][Mg][Br]. The van der Waals surface area contributed by atoms with Crippen molar-refractivity contribution in [1.29, 1.82) is 0 Å². The maximum absolute atomic E-state index is 3.55. The van der Waals surface area contributed by atoms with Gasteiger partial charge in [-0.2, -0.15) is 0 Å². The minimum Gasteiger partial charge on any atom is -0.307 e. The first-order chi connectivity index (χ1) is 3.81. The van der Waals surface area contributed by atoms with Crippen LogP contribution in [0.3, 0.4) is 0 Å². The van der Waals surface area contributed by atoms with E-state index in [1.807, 2.05) is 0 Å².